The summed E-state index contributed by atoms with van der Waals surface area (Å²) in [5, 5.41) is 6.63. The van der Waals surface area contributed by atoms with E-state index in [-0.39, 0.29) is 27.4 Å². The molecule has 0 bridgehead atoms. The van der Waals surface area contributed by atoms with Crippen molar-refractivity contribution in [1.29, 1.82) is 0 Å². The number of halogens is 7. The van der Waals surface area contributed by atoms with Gasteiger partial charge in [0.05, 0.1) is 21.3 Å². The first-order valence-corrected chi connectivity index (χ1v) is 14.0. The lowest BCUT2D eigenvalue weighted by atomic mass is 9.97. The largest absolute Gasteiger partial charge is 0.421 e. The van der Waals surface area contributed by atoms with Crippen LogP contribution in [0.1, 0.15) is 53.1 Å². The number of aromatic nitrogens is 2. The van der Waals surface area contributed by atoms with Gasteiger partial charge in [0.2, 0.25) is 5.91 Å². The summed E-state index contributed by atoms with van der Waals surface area (Å²) in [5.41, 5.74) is -1.72. The Morgan fingerprint density at radius 3 is 2.65 bits per heavy atom. The van der Waals surface area contributed by atoms with Crippen molar-refractivity contribution in [3.05, 3.63) is 83.1 Å². The molecule has 2 aliphatic heterocycles. The molecular weight excluding hydrogens is 647 g/mol. The van der Waals surface area contributed by atoms with E-state index >= 15 is 0 Å². The molecule has 0 saturated carbocycles. The molecule has 3 aromatic rings. The second-order valence-electron chi connectivity index (χ2n) is 9.32. The molecule has 40 heavy (non-hydrogen) atoms. The number of alkyl halides is 3. The van der Waals surface area contributed by atoms with Crippen LogP contribution >= 0.6 is 38.9 Å². The molecular formula is C25H19BrClF5N4O3S. The number of amides is 1. The van der Waals surface area contributed by atoms with Crippen molar-refractivity contribution >= 4 is 50.5 Å². The van der Waals surface area contributed by atoms with E-state index in [0.717, 1.165) is 21.8 Å². The number of rotatable bonds is 5. The standard InChI is InChI=1S/C25H19BrClF5N4O3S/c26-13-7-14(25(30,31)32)24(38)36(9-13)10-20(37)35-5-3-12(4-6-35)23-33-18(11-40-23)17-8-19(39-34-17)21-15(27)1-2-16(28)22(21)29/h1-2,7,9,11-12,19H,3-6,8,10H2. The van der Waals surface area contributed by atoms with Crippen LogP contribution in [0, 0.1) is 11.6 Å². The van der Waals surface area contributed by atoms with E-state index < -0.39 is 47.5 Å². The minimum absolute atomic E-state index is 0.0297. The van der Waals surface area contributed by atoms with Gasteiger partial charge < -0.3 is 14.3 Å². The summed E-state index contributed by atoms with van der Waals surface area (Å²) in [7, 11) is 0. The molecule has 4 heterocycles. The van der Waals surface area contributed by atoms with Gasteiger partial charge in [-0.05, 0) is 47.0 Å². The Morgan fingerprint density at radius 2 is 1.95 bits per heavy atom. The van der Waals surface area contributed by atoms with Crippen LogP contribution in [0.15, 0.2) is 44.2 Å². The molecule has 1 fully saturated rings. The Labute approximate surface area is 241 Å². The van der Waals surface area contributed by atoms with E-state index in [1.165, 1.54) is 22.3 Å². The molecule has 1 unspecified atom stereocenters. The summed E-state index contributed by atoms with van der Waals surface area (Å²) in [5.74, 6) is -2.55. The molecule has 5 rings (SSSR count). The molecule has 1 amide bonds. The lowest BCUT2D eigenvalue weighted by molar-refractivity contribution is -0.140. The highest BCUT2D eigenvalue weighted by atomic mass is 79.9. The van der Waals surface area contributed by atoms with Gasteiger partial charge in [-0.2, -0.15) is 13.2 Å². The number of benzene rings is 1. The van der Waals surface area contributed by atoms with Crippen molar-refractivity contribution in [3.8, 4) is 0 Å². The van der Waals surface area contributed by atoms with Crippen LogP contribution in [0.5, 0.6) is 0 Å². The maximum Gasteiger partial charge on any atom is 0.421 e. The number of carbonyl (C=O) groups excluding carboxylic acids is 1. The Bertz CT molecular complexity index is 1550. The Morgan fingerprint density at radius 1 is 1.23 bits per heavy atom. The van der Waals surface area contributed by atoms with Crippen LogP contribution in [0.2, 0.25) is 5.02 Å². The molecule has 1 atom stereocenters. The van der Waals surface area contributed by atoms with Gasteiger partial charge in [-0.3, -0.25) is 9.59 Å². The summed E-state index contributed by atoms with van der Waals surface area (Å²) in [6, 6.07) is 2.88. The average molecular weight is 666 g/mol. The maximum absolute atomic E-state index is 14.3. The Kier molecular flexibility index (Phi) is 8.03. The van der Waals surface area contributed by atoms with Crippen molar-refractivity contribution in [2.24, 2.45) is 5.16 Å². The first-order chi connectivity index (χ1) is 18.9. The smallest absolute Gasteiger partial charge is 0.387 e. The lowest BCUT2D eigenvalue weighted by Crippen LogP contribution is -2.41. The molecule has 212 valence electrons. The molecule has 0 N–H and O–H groups in total. The predicted molar refractivity (Wildman–Crippen MR) is 140 cm³/mol. The normalized spacial score (nSPS) is 18.1. The third-order valence-corrected chi connectivity index (χ3v) is 8.52. The highest BCUT2D eigenvalue weighted by Crippen LogP contribution is 2.37. The minimum atomic E-state index is -4.84. The van der Waals surface area contributed by atoms with Gasteiger partial charge in [-0.15, -0.1) is 11.3 Å². The summed E-state index contributed by atoms with van der Waals surface area (Å²) in [4.78, 5) is 36.6. The fraction of sp³-hybridized carbons (Fsp3) is 0.360. The van der Waals surface area contributed by atoms with Gasteiger partial charge >= 0.3 is 6.18 Å². The SMILES string of the molecule is O=C(Cn1cc(Br)cc(C(F)(F)F)c1=O)N1CCC(c2nc(C3=NOC(c4c(Cl)ccc(F)c4F)C3)cs2)CC1. The second-order valence-corrected chi connectivity index (χ2v) is 11.5. The van der Waals surface area contributed by atoms with Crippen molar-refractivity contribution in [2.45, 2.75) is 44.0 Å². The highest BCUT2D eigenvalue weighted by molar-refractivity contribution is 9.10. The Balaban J connectivity index is 1.20. The van der Waals surface area contributed by atoms with Crippen LogP contribution in [0.4, 0.5) is 22.0 Å². The highest BCUT2D eigenvalue weighted by Gasteiger charge is 2.36. The van der Waals surface area contributed by atoms with E-state index in [9.17, 15) is 31.5 Å². The van der Waals surface area contributed by atoms with E-state index in [2.05, 4.69) is 26.1 Å². The lowest BCUT2D eigenvalue weighted by Gasteiger charge is -2.31. The first-order valence-electron chi connectivity index (χ1n) is 12.0. The average Bonchev–Trinajstić information content (AvgIpc) is 3.58. The number of oxime groups is 1. The molecule has 1 saturated heterocycles. The van der Waals surface area contributed by atoms with Crippen molar-refractivity contribution in [2.75, 3.05) is 13.1 Å². The topological polar surface area (TPSA) is 76.8 Å². The number of hydrogen-bond donors (Lipinski definition) is 0. The third-order valence-electron chi connectivity index (χ3n) is 6.75. The van der Waals surface area contributed by atoms with Crippen LogP contribution in [-0.4, -0.2) is 39.2 Å². The Hall–Kier alpha value is -2.84. The monoisotopic (exact) mass is 664 g/mol. The summed E-state index contributed by atoms with van der Waals surface area (Å²) in [6.45, 7) is 0.178. The fourth-order valence-corrected chi connectivity index (χ4v) is 6.41. The van der Waals surface area contributed by atoms with E-state index in [0.29, 0.717) is 43.4 Å². The van der Waals surface area contributed by atoms with E-state index in [1.807, 2.05) is 0 Å². The zero-order valence-electron chi connectivity index (χ0n) is 20.4. The predicted octanol–water partition coefficient (Wildman–Crippen LogP) is 6.29. The molecule has 15 heteroatoms. The molecule has 0 radical (unpaired) electrons. The van der Waals surface area contributed by atoms with Crippen LogP contribution in [0.25, 0.3) is 0 Å². The van der Waals surface area contributed by atoms with Crippen molar-refractivity contribution in [1.82, 2.24) is 14.5 Å². The van der Waals surface area contributed by atoms with Gasteiger partial charge in [0, 0.05) is 41.5 Å². The number of piperidine rings is 1. The van der Waals surface area contributed by atoms with E-state index in [1.54, 1.807) is 5.38 Å². The van der Waals surface area contributed by atoms with Gasteiger partial charge in [-0.25, -0.2) is 13.8 Å². The van der Waals surface area contributed by atoms with Gasteiger partial charge in [0.15, 0.2) is 17.7 Å². The molecule has 1 aromatic carbocycles. The maximum atomic E-state index is 14.3. The van der Waals surface area contributed by atoms with Crippen molar-refractivity contribution in [3.63, 3.8) is 0 Å². The molecule has 0 spiro atoms. The van der Waals surface area contributed by atoms with Gasteiger partial charge in [0.25, 0.3) is 5.56 Å². The van der Waals surface area contributed by atoms with Gasteiger partial charge in [0.1, 0.15) is 17.8 Å². The number of pyridine rings is 1. The van der Waals surface area contributed by atoms with Crippen LogP contribution in [-0.2, 0) is 22.4 Å². The second kappa shape index (κ2) is 11.2. The van der Waals surface area contributed by atoms with Crippen LogP contribution < -0.4 is 5.56 Å². The number of hydrogen-bond acceptors (Lipinski definition) is 6. The van der Waals surface area contributed by atoms with Gasteiger partial charge in [-0.1, -0.05) is 16.8 Å². The number of nitrogens with zero attached hydrogens (tertiary/aromatic N) is 4. The fourth-order valence-electron chi connectivity index (χ4n) is 4.67. The van der Waals surface area contributed by atoms with Crippen molar-refractivity contribution < 1.29 is 31.6 Å². The molecule has 0 aliphatic carbocycles. The third kappa shape index (κ3) is 5.79. The zero-order chi connectivity index (χ0) is 28.8. The van der Waals surface area contributed by atoms with Crippen LogP contribution in [0.3, 0.4) is 0 Å². The molecule has 2 aromatic heterocycles. The number of thiazole rings is 1. The number of likely N-dealkylation sites (tertiary alicyclic amines) is 1. The summed E-state index contributed by atoms with van der Waals surface area (Å²) < 4.78 is 68.3. The number of carbonyl (C=O) groups is 1. The first kappa shape index (κ1) is 28.7. The summed E-state index contributed by atoms with van der Waals surface area (Å²) in [6.07, 6.45) is -3.28. The zero-order valence-corrected chi connectivity index (χ0v) is 23.5. The summed E-state index contributed by atoms with van der Waals surface area (Å²) >= 11 is 10.4. The van der Waals surface area contributed by atoms with E-state index in [4.69, 9.17) is 16.4 Å². The molecule has 7 nitrogen and oxygen atoms in total. The molecule has 2 aliphatic rings. The quantitative estimate of drug-likeness (QED) is 0.237. The minimum Gasteiger partial charge on any atom is -0.387 e.